The van der Waals surface area contributed by atoms with Gasteiger partial charge in [0.15, 0.2) is 0 Å². The molecule has 0 saturated carbocycles. The van der Waals surface area contributed by atoms with Crippen LogP contribution in [-0.2, 0) is 4.74 Å². The number of hydrogen-bond donors (Lipinski definition) is 2. The monoisotopic (exact) mass is 254 g/mol. The number of piperidine rings is 1. The molecule has 1 aliphatic carbocycles. The Morgan fingerprint density at radius 1 is 1.61 bits per heavy atom. The first-order valence-electron chi connectivity index (χ1n) is 6.75. The lowest BCUT2D eigenvalue weighted by Crippen LogP contribution is -2.50. The van der Waals surface area contributed by atoms with Crippen LogP contribution in [0.5, 0.6) is 0 Å². The lowest BCUT2D eigenvalue weighted by molar-refractivity contribution is 0.145. The Kier molecular flexibility index (Phi) is 4.81. The molecule has 4 nitrogen and oxygen atoms in total. The Balaban J connectivity index is 0.00000180. The first-order valence-corrected chi connectivity index (χ1v) is 6.75. The van der Waals surface area contributed by atoms with Crippen LogP contribution in [0.1, 0.15) is 29.0 Å². The van der Waals surface area contributed by atoms with E-state index < -0.39 is 0 Å². The molecule has 2 rings (SSSR count). The van der Waals surface area contributed by atoms with E-state index in [4.69, 9.17) is 4.74 Å². The summed E-state index contributed by atoms with van der Waals surface area (Å²) in [6.07, 6.45) is 9.18. The zero-order valence-electron chi connectivity index (χ0n) is 10.9. The van der Waals surface area contributed by atoms with Crippen molar-refractivity contribution in [1.82, 2.24) is 10.6 Å². The predicted molar refractivity (Wildman–Crippen MR) is 75.6 cm³/mol. The van der Waals surface area contributed by atoms with Crippen molar-refractivity contribution in [2.45, 2.75) is 32.2 Å². The lowest BCUT2D eigenvalue weighted by atomic mass is 9.95. The Morgan fingerprint density at radius 2 is 2.50 bits per heavy atom. The highest BCUT2D eigenvalue weighted by Gasteiger charge is 2.23. The van der Waals surface area contributed by atoms with Crippen molar-refractivity contribution in [3.05, 3.63) is 23.8 Å². The molecular weight excluding hydrogens is 228 g/mol. The van der Waals surface area contributed by atoms with E-state index in [0.717, 1.165) is 37.9 Å². The van der Waals surface area contributed by atoms with Crippen molar-refractivity contribution in [2.75, 3.05) is 19.7 Å². The fourth-order valence-corrected chi connectivity index (χ4v) is 2.30. The standard InChI is InChI=1S/C14H22N2O2.2H2/c1-11-7-8-15-9-13(11)16-14(17)18-10-12-5-3-2-4-6-12;;/h3,5-6,11,13,15H,2,4,7-10H2,1H3,(H,16,17);2*1H/t11-,13?;;/m0../s1. The maximum absolute atomic E-state index is 11.7. The molecule has 1 saturated heterocycles. The van der Waals surface area contributed by atoms with E-state index >= 15 is 0 Å². The molecule has 2 atom stereocenters. The van der Waals surface area contributed by atoms with Crippen molar-refractivity contribution in [2.24, 2.45) is 5.92 Å². The molecule has 1 heterocycles. The predicted octanol–water partition coefficient (Wildman–Crippen LogP) is 2.48. The van der Waals surface area contributed by atoms with Gasteiger partial charge in [0, 0.05) is 15.4 Å². The summed E-state index contributed by atoms with van der Waals surface area (Å²) in [6.45, 7) is 4.40. The molecule has 18 heavy (non-hydrogen) atoms. The van der Waals surface area contributed by atoms with E-state index in [0.29, 0.717) is 12.5 Å². The number of amides is 1. The Bertz CT molecular complexity index is 359. The second-order valence-electron chi connectivity index (χ2n) is 5.06. The summed E-state index contributed by atoms with van der Waals surface area (Å²) < 4.78 is 5.24. The quantitative estimate of drug-likeness (QED) is 0.813. The number of alkyl carbamates (subject to hydrolysis) is 1. The van der Waals surface area contributed by atoms with E-state index in [-0.39, 0.29) is 15.0 Å². The summed E-state index contributed by atoms with van der Waals surface area (Å²) in [5, 5.41) is 6.22. The van der Waals surface area contributed by atoms with Gasteiger partial charge in [0.25, 0.3) is 0 Å². The van der Waals surface area contributed by atoms with Gasteiger partial charge < -0.3 is 15.4 Å². The normalized spacial score (nSPS) is 27.5. The van der Waals surface area contributed by atoms with Crippen molar-refractivity contribution in [3.8, 4) is 0 Å². The van der Waals surface area contributed by atoms with E-state index in [9.17, 15) is 4.79 Å². The molecule has 2 aliphatic rings. The van der Waals surface area contributed by atoms with Crippen molar-refractivity contribution in [1.29, 1.82) is 0 Å². The molecule has 1 fully saturated rings. The largest absolute Gasteiger partial charge is 0.445 e. The SMILES string of the molecule is C[C@H]1CCNCC1NC(=O)OCC1=CCCC=C1.[HH].[HH]. The number of carbonyl (C=O) groups is 1. The van der Waals surface area contributed by atoms with Crippen LogP contribution < -0.4 is 10.6 Å². The summed E-state index contributed by atoms with van der Waals surface area (Å²) in [4.78, 5) is 11.7. The van der Waals surface area contributed by atoms with Crippen molar-refractivity contribution < 1.29 is 12.4 Å². The molecule has 0 radical (unpaired) electrons. The van der Waals surface area contributed by atoms with Crippen LogP contribution in [0.4, 0.5) is 4.79 Å². The molecule has 1 amide bonds. The second-order valence-corrected chi connectivity index (χ2v) is 5.06. The molecule has 0 spiro atoms. The third-order valence-electron chi connectivity index (χ3n) is 3.57. The van der Waals surface area contributed by atoms with Crippen LogP contribution in [0.15, 0.2) is 23.8 Å². The second kappa shape index (κ2) is 6.59. The summed E-state index contributed by atoms with van der Waals surface area (Å²) in [7, 11) is 0. The number of hydrogen-bond acceptors (Lipinski definition) is 3. The summed E-state index contributed by atoms with van der Waals surface area (Å²) in [6, 6.07) is 0.183. The van der Waals surface area contributed by atoms with Crippen molar-refractivity contribution >= 4 is 6.09 Å². The van der Waals surface area contributed by atoms with Crippen LogP contribution >= 0.6 is 0 Å². The van der Waals surface area contributed by atoms with E-state index in [1.807, 2.05) is 6.08 Å². The van der Waals surface area contributed by atoms with Crippen LogP contribution in [-0.4, -0.2) is 31.8 Å². The summed E-state index contributed by atoms with van der Waals surface area (Å²) in [5.74, 6) is 0.507. The minimum atomic E-state index is -0.310. The van der Waals surface area contributed by atoms with E-state index in [2.05, 4.69) is 29.7 Å². The highest BCUT2D eigenvalue weighted by Crippen LogP contribution is 2.12. The number of rotatable bonds is 3. The minimum absolute atomic E-state index is 0. The molecular formula is C14H26N2O2. The third-order valence-corrected chi connectivity index (χ3v) is 3.57. The zero-order chi connectivity index (χ0) is 12.8. The first-order chi connectivity index (χ1) is 8.75. The van der Waals surface area contributed by atoms with Crippen LogP contribution in [0.3, 0.4) is 0 Å². The van der Waals surface area contributed by atoms with Gasteiger partial charge in [0.1, 0.15) is 6.61 Å². The lowest BCUT2D eigenvalue weighted by Gasteiger charge is -2.29. The number of carbonyl (C=O) groups excluding carboxylic acids is 1. The van der Waals surface area contributed by atoms with Gasteiger partial charge in [-0.15, -0.1) is 0 Å². The smallest absolute Gasteiger partial charge is 0.407 e. The van der Waals surface area contributed by atoms with Gasteiger partial charge in [-0.25, -0.2) is 4.79 Å². The Labute approximate surface area is 111 Å². The molecule has 1 unspecified atom stereocenters. The molecule has 0 aromatic heterocycles. The average molecular weight is 254 g/mol. The maximum Gasteiger partial charge on any atom is 0.407 e. The fraction of sp³-hybridized carbons (Fsp3) is 0.643. The van der Waals surface area contributed by atoms with Gasteiger partial charge in [0.05, 0.1) is 0 Å². The molecule has 0 aromatic rings. The Hall–Kier alpha value is -1.29. The van der Waals surface area contributed by atoms with Gasteiger partial charge in [-0.1, -0.05) is 25.2 Å². The molecule has 4 heteroatoms. The van der Waals surface area contributed by atoms with Gasteiger partial charge in [-0.2, -0.15) is 0 Å². The third kappa shape index (κ3) is 3.88. The molecule has 2 N–H and O–H groups in total. The Morgan fingerprint density at radius 3 is 3.22 bits per heavy atom. The first kappa shape index (κ1) is 13.1. The summed E-state index contributed by atoms with van der Waals surface area (Å²) in [5.41, 5.74) is 1.09. The average Bonchev–Trinajstić information content (AvgIpc) is 2.40. The van der Waals surface area contributed by atoms with Gasteiger partial charge >= 0.3 is 6.09 Å². The van der Waals surface area contributed by atoms with Crippen LogP contribution in [0.25, 0.3) is 0 Å². The topological polar surface area (TPSA) is 50.4 Å². The molecule has 104 valence electrons. The van der Waals surface area contributed by atoms with Gasteiger partial charge in [0.2, 0.25) is 0 Å². The zero-order valence-corrected chi connectivity index (χ0v) is 10.9. The maximum atomic E-state index is 11.7. The highest BCUT2D eigenvalue weighted by molar-refractivity contribution is 5.68. The van der Waals surface area contributed by atoms with Crippen LogP contribution in [0, 0.1) is 5.92 Å². The number of allylic oxidation sites excluding steroid dienone is 2. The van der Waals surface area contributed by atoms with E-state index in [1.165, 1.54) is 0 Å². The van der Waals surface area contributed by atoms with Gasteiger partial charge in [-0.3, -0.25) is 0 Å². The minimum Gasteiger partial charge on any atom is -0.445 e. The fourth-order valence-electron chi connectivity index (χ4n) is 2.30. The van der Waals surface area contributed by atoms with Crippen molar-refractivity contribution in [3.63, 3.8) is 0 Å². The molecule has 0 bridgehead atoms. The molecule has 0 aromatic carbocycles. The van der Waals surface area contributed by atoms with E-state index in [1.54, 1.807) is 0 Å². The van der Waals surface area contributed by atoms with Crippen LogP contribution in [0.2, 0.25) is 0 Å². The number of ether oxygens (including phenoxy) is 1. The van der Waals surface area contributed by atoms with Gasteiger partial charge in [-0.05, 0) is 37.3 Å². The highest BCUT2D eigenvalue weighted by atomic mass is 16.5. The summed E-state index contributed by atoms with van der Waals surface area (Å²) >= 11 is 0. The number of nitrogens with one attached hydrogen (secondary N) is 2. The molecule has 1 aliphatic heterocycles.